The van der Waals surface area contributed by atoms with Crippen LogP contribution in [0.5, 0.6) is 5.75 Å². The van der Waals surface area contributed by atoms with Crippen LogP contribution in [0.4, 0.5) is 5.69 Å². The van der Waals surface area contributed by atoms with Gasteiger partial charge in [0, 0.05) is 31.2 Å². The van der Waals surface area contributed by atoms with Crippen LogP contribution in [0.3, 0.4) is 0 Å². The van der Waals surface area contributed by atoms with Gasteiger partial charge in [-0.2, -0.15) is 0 Å². The molecule has 0 aliphatic carbocycles. The third kappa shape index (κ3) is 3.28. The number of carbonyl (C=O) groups is 1. The van der Waals surface area contributed by atoms with E-state index in [4.69, 9.17) is 4.74 Å². The average molecular weight is 296 g/mol. The van der Waals surface area contributed by atoms with Crippen molar-refractivity contribution < 1.29 is 9.53 Å². The van der Waals surface area contributed by atoms with E-state index in [1.807, 2.05) is 59.5 Å². The second-order valence-electron chi connectivity index (χ2n) is 5.47. The summed E-state index contributed by atoms with van der Waals surface area (Å²) in [5.41, 5.74) is 2.16. The van der Waals surface area contributed by atoms with E-state index in [-0.39, 0.29) is 11.9 Å². The molecule has 4 nitrogen and oxygen atoms in total. The van der Waals surface area contributed by atoms with Crippen molar-refractivity contribution in [3.8, 4) is 5.75 Å². The van der Waals surface area contributed by atoms with Crippen LogP contribution in [-0.2, 0) is 11.3 Å². The minimum atomic E-state index is 0.179. The highest BCUT2D eigenvalue weighted by molar-refractivity contribution is 5.96. The maximum atomic E-state index is 12.1. The molecule has 1 unspecified atom stereocenters. The molecule has 1 fully saturated rings. The SMILES string of the molecule is COc1ccc(CNC2CC(=O)N(c3ccccc3)C2)cc1. The third-order valence-electron chi connectivity index (χ3n) is 3.95. The van der Waals surface area contributed by atoms with Crippen LogP contribution in [0.25, 0.3) is 0 Å². The summed E-state index contributed by atoms with van der Waals surface area (Å²) in [5, 5.41) is 3.46. The first-order chi connectivity index (χ1) is 10.8. The standard InChI is InChI=1S/C18H20N2O2/c1-22-17-9-7-14(8-10-17)12-19-15-11-18(21)20(13-15)16-5-3-2-4-6-16/h2-10,15,19H,11-13H2,1H3. The van der Waals surface area contributed by atoms with Crippen LogP contribution in [0.1, 0.15) is 12.0 Å². The molecule has 4 heteroatoms. The molecule has 1 amide bonds. The number of nitrogens with zero attached hydrogens (tertiary/aromatic N) is 1. The summed E-state index contributed by atoms with van der Waals surface area (Å²) in [6.07, 6.45) is 0.547. The van der Waals surface area contributed by atoms with Crippen LogP contribution in [0.2, 0.25) is 0 Å². The summed E-state index contributed by atoms with van der Waals surface area (Å²) in [6.45, 7) is 1.48. The smallest absolute Gasteiger partial charge is 0.228 e. The molecule has 1 atom stereocenters. The molecule has 22 heavy (non-hydrogen) atoms. The van der Waals surface area contributed by atoms with E-state index in [0.29, 0.717) is 6.42 Å². The molecule has 114 valence electrons. The van der Waals surface area contributed by atoms with Crippen molar-refractivity contribution in [2.75, 3.05) is 18.6 Å². The van der Waals surface area contributed by atoms with Crippen LogP contribution < -0.4 is 15.0 Å². The number of methoxy groups -OCH3 is 1. The Morgan fingerprint density at radius 3 is 2.55 bits per heavy atom. The Morgan fingerprint density at radius 2 is 1.86 bits per heavy atom. The molecule has 0 bridgehead atoms. The molecule has 2 aromatic rings. The van der Waals surface area contributed by atoms with E-state index in [1.165, 1.54) is 5.56 Å². The van der Waals surface area contributed by atoms with Crippen molar-refractivity contribution in [2.24, 2.45) is 0 Å². The Bertz CT molecular complexity index is 625. The Kier molecular flexibility index (Phi) is 4.39. The van der Waals surface area contributed by atoms with Crippen LogP contribution in [0.15, 0.2) is 54.6 Å². The number of rotatable bonds is 5. The van der Waals surface area contributed by atoms with Crippen molar-refractivity contribution in [1.29, 1.82) is 0 Å². The predicted octanol–water partition coefficient (Wildman–Crippen LogP) is 2.59. The highest BCUT2D eigenvalue weighted by Crippen LogP contribution is 2.21. The Hall–Kier alpha value is -2.33. The molecule has 1 aliphatic rings. The number of ether oxygens (including phenoxy) is 1. The van der Waals surface area contributed by atoms with Crippen molar-refractivity contribution in [3.63, 3.8) is 0 Å². The molecule has 2 aromatic carbocycles. The molecular weight excluding hydrogens is 276 g/mol. The molecule has 1 heterocycles. The van der Waals surface area contributed by atoms with Gasteiger partial charge in [0.1, 0.15) is 5.75 Å². The Morgan fingerprint density at radius 1 is 1.14 bits per heavy atom. The van der Waals surface area contributed by atoms with Gasteiger partial charge in [-0.1, -0.05) is 30.3 Å². The second-order valence-corrected chi connectivity index (χ2v) is 5.47. The quantitative estimate of drug-likeness (QED) is 0.922. The summed E-state index contributed by atoms with van der Waals surface area (Å²) in [7, 11) is 1.66. The first kappa shape index (κ1) is 14.6. The van der Waals surface area contributed by atoms with E-state index < -0.39 is 0 Å². The summed E-state index contributed by atoms with van der Waals surface area (Å²) in [6, 6.07) is 18.0. The monoisotopic (exact) mass is 296 g/mol. The minimum absolute atomic E-state index is 0.179. The predicted molar refractivity (Wildman–Crippen MR) is 87.0 cm³/mol. The summed E-state index contributed by atoms with van der Waals surface area (Å²) < 4.78 is 5.15. The number of hydrogen-bond acceptors (Lipinski definition) is 3. The molecule has 1 saturated heterocycles. The lowest BCUT2D eigenvalue weighted by Crippen LogP contribution is -2.32. The van der Waals surface area contributed by atoms with E-state index in [0.717, 1.165) is 24.5 Å². The number of carbonyl (C=O) groups excluding carboxylic acids is 1. The minimum Gasteiger partial charge on any atom is -0.497 e. The first-order valence-electron chi connectivity index (χ1n) is 7.48. The van der Waals surface area contributed by atoms with E-state index in [2.05, 4.69) is 5.32 Å². The summed E-state index contributed by atoms with van der Waals surface area (Å²) >= 11 is 0. The van der Waals surface area contributed by atoms with Gasteiger partial charge in [0.05, 0.1) is 7.11 Å². The average Bonchev–Trinajstić information content (AvgIpc) is 2.95. The zero-order valence-corrected chi connectivity index (χ0v) is 12.7. The fourth-order valence-electron chi connectivity index (χ4n) is 2.71. The normalized spacial score (nSPS) is 17.8. The van der Waals surface area contributed by atoms with Crippen molar-refractivity contribution in [3.05, 3.63) is 60.2 Å². The van der Waals surface area contributed by atoms with Crippen molar-refractivity contribution in [2.45, 2.75) is 19.0 Å². The molecule has 1 aliphatic heterocycles. The van der Waals surface area contributed by atoms with Gasteiger partial charge in [-0.3, -0.25) is 4.79 Å². The number of amides is 1. The molecule has 1 N–H and O–H groups in total. The maximum Gasteiger partial charge on any atom is 0.228 e. The number of nitrogens with one attached hydrogen (secondary N) is 1. The maximum absolute atomic E-state index is 12.1. The summed E-state index contributed by atoms with van der Waals surface area (Å²) in [5.74, 6) is 1.04. The first-order valence-corrected chi connectivity index (χ1v) is 7.48. The highest BCUT2D eigenvalue weighted by atomic mass is 16.5. The van der Waals surface area contributed by atoms with Gasteiger partial charge in [0.2, 0.25) is 5.91 Å². The molecule has 3 rings (SSSR count). The summed E-state index contributed by atoms with van der Waals surface area (Å²) in [4.78, 5) is 14.0. The lowest BCUT2D eigenvalue weighted by Gasteiger charge is -2.17. The van der Waals surface area contributed by atoms with Gasteiger partial charge < -0.3 is 15.0 Å². The third-order valence-corrected chi connectivity index (χ3v) is 3.95. The van der Waals surface area contributed by atoms with Gasteiger partial charge in [-0.05, 0) is 29.8 Å². The molecule has 0 saturated carbocycles. The molecular formula is C18H20N2O2. The second kappa shape index (κ2) is 6.62. The van der Waals surface area contributed by atoms with Crippen molar-refractivity contribution >= 4 is 11.6 Å². The molecule has 0 radical (unpaired) electrons. The van der Waals surface area contributed by atoms with Gasteiger partial charge in [-0.15, -0.1) is 0 Å². The zero-order valence-electron chi connectivity index (χ0n) is 12.7. The van der Waals surface area contributed by atoms with Gasteiger partial charge in [-0.25, -0.2) is 0 Å². The number of benzene rings is 2. The van der Waals surface area contributed by atoms with Crippen LogP contribution in [0, 0.1) is 0 Å². The van der Waals surface area contributed by atoms with Gasteiger partial charge >= 0.3 is 0 Å². The Balaban J connectivity index is 1.57. The number of para-hydroxylation sites is 1. The van der Waals surface area contributed by atoms with Crippen molar-refractivity contribution in [1.82, 2.24) is 5.32 Å². The fraction of sp³-hybridized carbons (Fsp3) is 0.278. The number of hydrogen-bond donors (Lipinski definition) is 1. The fourth-order valence-corrected chi connectivity index (χ4v) is 2.71. The topological polar surface area (TPSA) is 41.6 Å². The van der Waals surface area contributed by atoms with Gasteiger partial charge in [0.25, 0.3) is 0 Å². The highest BCUT2D eigenvalue weighted by Gasteiger charge is 2.29. The van der Waals surface area contributed by atoms with Gasteiger partial charge in [0.15, 0.2) is 0 Å². The van der Waals surface area contributed by atoms with E-state index in [1.54, 1.807) is 7.11 Å². The largest absolute Gasteiger partial charge is 0.497 e. The lowest BCUT2D eigenvalue weighted by atomic mass is 10.2. The lowest BCUT2D eigenvalue weighted by molar-refractivity contribution is -0.117. The van der Waals surface area contributed by atoms with Crippen LogP contribution in [-0.4, -0.2) is 25.6 Å². The molecule has 0 aromatic heterocycles. The number of anilines is 1. The van der Waals surface area contributed by atoms with E-state index >= 15 is 0 Å². The molecule has 0 spiro atoms. The Labute approximate surface area is 130 Å². The van der Waals surface area contributed by atoms with Crippen LogP contribution >= 0.6 is 0 Å². The van der Waals surface area contributed by atoms with E-state index in [9.17, 15) is 4.79 Å². The zero-order chi connectivity index (χ0) is 15.4.